The molecule has 1 unspecified atom stereocenters. The monoisotopic (exact) mass is 336 g/mol. The Balaban J connectivity index is 1.69. The normalized spacial score (nSPS) is 24.8. The Bertz CT molecular complexity index is 443. The third kappa shape index (κ3) is 6.01. The number of carbonyl (C=O) groups is 1. The van der Waals surface area contributed by atoms with E-state index < -0.39 is 10.0 Å². The first-order valence-electron chi connectivity index (χ1n) is 7.30. The number of rotatable bonds is 4. The van der Waals surface area contributed by atoms with Gasteiger partial charge in [-0.1, -0.05) is 0 Å². The van der Waals surface area contributed by atoms with E-state index in [4.69, 9.17) is 5.14 Å². The Hall–Kier alpha value is -0.510. The molecule has 21 heavy (non-hydrogen) atoms. The van der Waals surface area contributed by atoms with Crippen LogP contribution in [0.1, 0.15) is 12.8 Å². The zero-order chi connectivity index (χ0) is 15.3. The molecule has 2 saturated heterocycles. The Morgan fingerprint density at radius 3 is 2.57 bits per heavy atom. The lowest BCUT2D eigenvalue weighted by Gasteiger charge is -2.35. The summed E-state index contributed by atoms with van der Waals surface area (Å²) in [5.41, 5.74) is 0. The van der Waals surface area contributed by atoms with Gasteiger partial charge in [0, 0.05) is 44.5 Å². The van der Waals surface area contributed by atoms with E-state index in [1.165, 1.54) is 5.75 Å². The maximum Gasteiger partial charge on any atom is 0.317 e. The van der Waals surface area contributed by atoms with E-state index in [1.807, 2.05) is 21.6 Å². The Labute approximate surface area is 130 Å². The second-order valence-electron chi connectivity index (χ2n) is 5.56. The molecule has 7 nitrogen and oxygen atoms in total. The van der Waals surface area contributed by atoms with Crippen LogP contribution in [0.15, 0.2) is 0 Å². The molecule has 2 aliphatic heterocycles. The molecule has 2 amide bonds. The number of thioether (sulfide) groups is 1. The highest BCUT2D eigenvalue weighted by molar-refractivity contribution is 7.99. The Kier molecular flexibility index (Phi) is 6.15. The molecule has 2 rings (SSSR count). The molecule has 1 atom stereocenters. The molecular weight excluding hydrogens is 312 g/mol. The lowest BCUT2D eigenvalue weighted by Crippen LogP contribution is -2.54. The van der Waals surface area contributed by atoms with Crippen LogP contribution in [0.5, 0.6) is 0 Å². The van der Waals surface area contributed by atoms with Crippen molar-refractivity contribution in [1.29, 1.82) is 0 Å². The molecule has 0 aromatic rings. The smallest absolute Gasteiger partial charge is 0.317 e. The van der Waals surface area contributed by atoms with Crippen molar-refractivity contribution in [2.45, 2.75) is 18.9 Å². The fourth-order valence-electron chi connectivity index (χ4n) is 2.55. The van der Waals surface area contributed by atoms with E-state index in [-0.39, 0.29) is 17.8 Å². The van der Waals surface area contributed by atoms with Crippen LogP contribution in [0.25, 0.3) is 0 Å². The first kappa shape index (κ1) is 16.9. The van der Waals surface area contributed by atoms with Crippen molar-refractivity contribution >= 4 is 27.8 Å². The van der Waals surface area contributed by atoms with Gasteiger partial charge in [0.15, 0.2) is 0 Å². The molecule has 0 aliphatic carbocycles. The van der Waals surface area contributed by atoms with Gasteiger partial charge in [-0.2, -0.15) is 11.8 Å². The van der Waals surface area contributed by atoms with E-state index in [1.54, 1.807) is 0 Å². The third-order valence-corrected chi connectivity index (χ3v) is 5.81. The Morgan fingerprint density at radius 1 is 1.29 bits per heavy atom. The van der Waals surface area contributed by atoms with E-state index in [9.17, 15) is 13.2 Å². The molecule has 2 aliphatic rings. The van der Waals surface area contributed by atoms with Gasteiger partial charge < -0.3 is 10.2 Å². The van der Waals surface area contributed by atoms with E-state index in [0.29, 0.717) is 32.7 Å². The summed E-state index contributed by atoms with van der Waals surface area (Å²) in [5, 5.41) is 8.09. The standard InChI is InChI=1S/C12H24N4O3S2/c13-21(18,19)9-7-15-3-5-16(6-4-15)12(17)14-11-2-1-8-20-10-11/h11H,1-10H2,(H,14,17)(H2,13,18,19). The van der Waals surface area contributed by atoms with Crippen molar-refractivity contribution in [2.75, 3.05) is 50.0 Å². The van der Waals surface area contributed by atoms with Crippen LogP contribution in [-0.2, 0) is 10.0 Å². The van der Waals surface area contributed by atoms with Crippen LogP contribution in [0, 0.1) is 0 Å². The van der Waals surface area contributed by atoms with Gasteiger partial charge in [0.1, 0.15) is 0 Å². The minimum absolute atomic E-state index is 0.00796. The summed E-state index contributed by atoms with van der Waals surface area (Å²) >= 11 is 1.89. The first-order chi connectivity index (χ1) is 9.94. The number of carbonyl (C=O) groups excluding carboxylic acids is 1. The van der Waals surface area contributed by atoms with Crippen molar-refractivity contribution < 1.29 is 13.2 Å². The second-order valence-corrected chi connectivity index (χ2v) is 8.44. The van der Waals surface area contributed by atoms with E-state index in [2.05, 4.69) is 5.32 Å². The quantitative estimate of drug-likeness (QED) is 0.721. The van der Waals surface area contributed by atoms with Crippen LogP contribution in [-0.4, -0.2) is 80.3 Å². The molecule has 0 spiro atoms. The number of nitrogens with zero attached hydrogens (tertiary/aromatic N) is 2. The summed E-state index contributed by atoms with van der Waals surface area (Å²) in [6.07, 6.45) is 2.23. The van der Waals surface area contributed by atoms with Gasteiger partial charge in [-0.25, -0.2) is 18.4 Å². The van der Waals surface area contributed by atoms with Crippen molar-refractivity contribution in [3.63, 3.8) is 0 Å². The van der Waals surface area contributed by atoms with Gasteiger partial charge in [0.2, 0.25) is 10.0 Å². The van der Waals surface area contributed by atoms with Gasteiger partial charge in [0.05, 0.1) is 5.75 Å². The molecule has 3 N–H and O–H groups in total. The highest BCUT2D eigenvalue weighted by Gasteiger charge is 2.24. The van der Waals surface area contributed by atoms with Crippen molar-refractivity contribution in [2.24, 2.45) is 5.14 Å². The molecule has 2 fully saturated rings. The number of sulfonamides is 1. The zero-order valence-corrected chi connectivity index (χ0v) is 13.8. The lowest BCUT2D eigenvalue weighted by atomic mass is 10.2. The molecular formula is C12H24N4O3S2. The maximum absolute atomic E-state index is 12.2. The van der Waals surface area contributed by atoms with Crippen LogP contribution in [0.3, 0.4) is 0 Å². The lowest BCUT2D eigenvalue weighted by molar-refractivity contribution is 0.141. The van der Waals surface area contributed by atoms with Crippen LogP contribution >= 0.6 is 11.8 Å². The van der Waals surface area contributed by atoms with Crippen molar-refractivity contribution in [3.8, 4) is 0 Å². The topological polar surface area (TPSA) is 95.7 Å². The SMILES string of the molecule is NS(=O)(=O)CCN1CCN(C(=O)NC2CCCSC2)CC1. The first-order valence-corrected chi connectivity index (χ1v) is 10.2. The number of nitrogens with two attached hydrogens (primary N) is 1. The van der Waals surface area contributed by atoms with E-state index in [0.717, 1.165) is 18.6 Å². The number of hydrogen-bond acceptors (Lipinski definition) is 5. The molecule has 0 bridgehead atoms. The number of nitrogens with one attached hydrogen (secondary N) is 1. The van der Waals surface area contributed by atoms with Crippen molar-refractivity contribution in [3.05, 3.63) is 0 Å². The largest absolute Gasteiger partial charge is 0.334 e. The maximum atomic E-state index is 12.2. The fourth-order valence-corrected chi connectivity index (χ4v) is 4.14. The average Bonchev–Trinajstić information content (AvgIpc) is 2.46. The minimum Gasteiger partial charge on any atom is -0.334 e. The van der Waals surface area contributed by atoms with Gasteiger partial charge in [-0.3, -0.25) is 4.90 Å². The number of piperazine rings is 1. The second kappa shape index (κ2) is 7.66. The summed E-state index contributed by atoms with van der Waals surface area (Å²) in [7, 11) is -3.41. The number of urea groups is 1. The summed E-state index contributed by atoms with van der Waals surface area (Å²) < 4.78 is 21.9. The molecule has 0 saturated carbocycles. The van der Waals surface area contributed by atoms with Crippen LogP contribution in [0.4, 0.5) is 4.79 Å². The van der Waals surface area contributed by atoms with Crippen molar-refractivity contribution in [1.82, 2.24) is 15.1 Å². The zero-order valence-electron chi connectivity index (χ0n) is 12.2. The summed E-state index contributed by atoms with van der Waals surface area (Å²) in [4.78, 5) is 16.0. The van der Waals surface area contributed by atoms with Gasteiger partial charge in [0.25, 0.3) is 0 Å². The molecule has 122 valence electrons. The predicted octanol–water partition coefficient (Wildman–Crippen LogP) is -0.502. The molecule has 0 radical (unpaired) electrons. The minimum atomic E-state index is -3.41. The fraction of sp³-hybridized carbons (Fsp3) is 0.917. The van der Waals surface area contributed by atoms with Gasteiger partial charge in [-0.15, -0.1) is 0 Å². The molecule has 9 heteroatoms. The summed E-state index contributed by atoms with van der Waals surface area (Å²) in [6, 6.07) is 0.297. The van der Waals surface area contributed by atoms with Gasteiger partial charge in [-0.05, 0) is 18.6 Å². The molecule has 2 heterocycles. The number of primary sulfonamides is 1. The highest BCUT2D eigenvalue weighted by atomic mass is 32.2. The third-order valence-electron chi connectivity index (χ3n) is 3.84. The Morgan fingerprint density at radius 2 is 2.00 bits per heavy atom. The van der Waals surface area contributed by atoms with E-state index >= 15 is 0 Å². The molecule has 0 aromatic heterocycles. The van der Waals surface area contributed by atoms with Gasteiger partial charge >= 0.3 is 6.03 Å². The number of hydrogen-bond donors (Lipinski definition) is 2. The number of amides is 2. The highest BCUT2D eigenvalue weighted by Crippen LogP contribution is 2.17. The van der Waals surface area contributed by atoms with Crippen LogP contribution < -0.4 is 10.5 Å². The summed E-state index contributed by atoms with van der Waals surface area (Å²) in [6.45, 7) is 3.10. The van der Waals surface area contributed by atoms with Crippen LogP contribution in [0.2, 0.25) is 0 Å². The summed E-state index contributed by atoms with van der Waals surface area (Å²) in [5.74, 6) is 2.16. The average molecular weight is 336 g/mol. The molecule has 0 aromatic carbocycles. The predicted molar refractivity (Wildman–Crippen MR) is 84.9 cm³/mol.